The number of nitrogens with zero attached hydrogens (tertiary/aromatic N) is 1. The minimum absolute atomic E-state index is 0.115. The van der Waals surface area contributed by atoms with Gasteiger partial charge in [0, 0.05) is 19.0 Å². The molecule has 1 heterocycles. The van der Waals surface area contributed by atoms with Gasteiger partial charge in [-0.3, -0.25) is 9.10 Å². The molecule has 162 valence electrons. The molecule has 3 rings (SSSR count). The molecule has 0 aromatic heterocycles. The van der Waals surface area contributed by atoms with Crippen molar-refractivity contribution in [1.82, 2.24) is 5.32 Å². The molecule has 0 radical (unpaired) electrons. The lowest BCUT2D eigenvalue weighted by Gasteiger charge is -2.23. The fraction of sp³-hybridized carbons (Fsp3) is 0.381. The lowest BCUT2D eigenvalue weighted by molar-refractivity contribution is -0.121. The number of hydrogen-bond acceptors (Lipinski definition) is 6. The maximum Gasteiger partial charge on any atom is 0.232 e. The van der Waals surface area contributed by atoms with Crippen LogP contribution in [0.5, 0.6) is 17.2 Å². The molecule has 1 atom stereocenters. The smallest absolute Gasteiger partial charge is 0.232 e. The van der Waals surface area contributed by atoms with E-state index in [1.54, 1.807) is 25.3 Å². The number of benzene rings is 2. The van der Waals surface area contributed by atoms with Crippen LogP contribution in [-0.4, -0.2) is 41.0 Å². The van der Waals surface area contributed by atoms with E-state index in [-0.39, 0.29) is 31.7 Å². The molecule has 0 unspecified atom stereocenters. The summed E-state index contributed by atoms with van der Waals surface area (Å²) in [6, 6.07) is 12.3. The van der Waals surface area contributed by atoms with Crippen LogP contribution in [0, 0.1) is 0 Å². The van der Waals surface area contributed by atoms with Crippen molar-refractivity contribution in [1.29, 1.82) is 0 Å². The van der Waals surface area contributed by atoms with Gasteiger partial charge in [0.05, 0.1) is 25.1 Å². The van der Waals surface area contributed by atoms with Crippen LogP contribution in [-0.2, 0) is 14.8 Å². The summed E-state index contributed by atoms with van der Waals surface area (Å²) in [4.78, 5) is 12.3. The van der Waals surface area contributed by atoms with Gasteiger partial charge in [-0.25, -0.2) is 8.42 Å². The first kappa shape index (κ1) is 21.8. The van der Waals surface area contributed by atoms with Crippen LogP contribution in [0.1, 0.15) is 31.4 Å². The Hall–Kier alpha value is -2.94. The Balaban J connectivity index is 1.56. The number of sulfonamides is 1. The predicted molar refractivity (Wildman–Crippen MR) is 114 cm³/mol. The average Bonchev–Trinajstić information content (AvgIpc) is 3.18. The van der Waals surface area contributed by atoms with Gasteiger partial charge in [0.1, 0.15) is 5.75 Å². The fourth-order valence-electron chi connectivity index (χ4n) is 3.20. The second-order valence-corrected chi connectivity index (χ2v) is 8.95. The first-order valence-electron chi connectivity index (χ1n) is 9.58. The molecule has 9 heteroatoms. The minimum atomic E-state index is -3.51. The first-order chi connectivity index (χ1) is 14.3. The highest BCUT2D eigenvalue weighted by Crippen LogP contribution is 2.36. The number of methoxy groups -OCH3 is 1. The second kappa shape index (κ2) is 9.25. The van der Waals surface area contributed by atoms with Crippen LogP contribution in [0.4, 0.5) is 5.69 Å². The SMILES string of the molecule is COc1ccc([C@H](C)NC(=O)CCCN(c2ccc3c(c2)OCO3)S(C)(=O)=O)cc1. The van der Waals surface area contributed by atoms with E-state index in [1.807, 2.05) is 31.2 Å². The zero-order chi connectivity index (χ0) is 21.7. The zero-order valence-corrected chi connectivity index (χ0v) is 18.1. The van der Waals surface area contributed by atoms with Gasteiger partial charge < -0.3 is 19.5 Å². The molecule has 1 amide bonds. The Morgan fingerprint density at radius 2 is 1.87 bits per heavy atom. The van der Waals surface area contributed by atoms with Crippen LogP contribution in [0.2, 0.25) is 0 Å². The van der Waals surface area contributed by atoms with Crippen molar-refractivity contribution in [2.45, 2.75) is 25.8 Å². The van der Waals surface area contributed by atoms with Gasteiger partial charge in [0.2, 0.25) is 22.7 Å². The summed E-state index contributed by atoms with van der Waals surface area (Å²) in [5.74, 6) is 1.70. The number of carbonyl (C=O) groups is 1. The summed E-state index contributed by atoms with van der Waals surface area (Å²) in [5, 5.41) is 2.94. The molecule has 1 N–H and O–H groups in total. The Morgan fingerprint density at radius 3 is 2.53 bits per heavy atom. The molecule has 0 spiro atoms. The van der Waals surface area contributed by atoms with Crippen molar-refractivity contribution >= 4 is 21.6 Å². The average molecular weight is 435 g/mol. The second-order valence-electron chi connectivity index (χ2n) is 7.04. The van der Waals surface area contributed by atoms with Gasteiger partial charge in [-0.15, -0.1) is 0 Å². The number of nitrogens with one attached hydrogen (secondary N) is 1. The molecule has 1 aliphatic rings. The van der Waals surface area contributed by atoms with Gasteiger partial charge in [0.15, 0.2) is 11.5 Å². The summed E-state index contributed by atoms with van der Waals surface area (Å²) in [6.07, 6.45) is 1.73. The summed E-state index contributed by atoms with van der Waals surface area (Å²) in [7, 11) is -1.91. The number of hydrogen-bond donors (Lipinski definition) is 1. The van der Waals surface area contributed by atoms with Crippen molar-refractivity contribution in [2.24, 2.45) is 0 Å². The fourth-order valence-corrected chi connectivity index (χ4v) is 4.16. The molecule has 2 aromatic rings. The first-order valence-corrected chi connectivity index (χ1v) is 11.4. The molecule has 0 saturated carbocycles. The maximum absolute atomic E-state index is 12.3. The number of fused-ring (bicyclic) bond motifs is 1. The number of ether oxygens (including phenoxy) is 3. The number of amides is 1. The Bertz CT molecular complexity index is 991. The molecule has 8 nitrogen and oxygen atoms in total. The van der Waals surface area contributed by atoms with Crippen LogP contribution in [0.3, 0.4) is 0 Å². The highest BCUT2D eigenvalue weighted by atomic mass is 32.2. The number of carbonyl (C=O) groups excluding carboxylic acids is 1. The normalized spacial score (nSPS) is 13.6. The summed E-state index contributed by atoms with van der Waals surface area (Å²) < 4.78 is 41.5. The van der Waals surface area contributed by atoms with Crippen molar-refractivity contribution in [3.8, 4) is 17.2 Å². The van der Waals surface area contributed by atoms with Crippen LogP contribution in [0.25, 0.3) is 0 Å². The quantitative estimate of drug-likeness (QED) is 0.652. The van der Waals surface area contributed by atoms with Gasteiger partial charge in [0.25, 0.3) is 0 Å². The molecule has 2 aromatic carbocycles. The molecule has 0 aliphatic carbocycles. The van der Waals surface area contributed by atoms with E-state index in [0.29, 0.717) is 23.6 Å². The molecule has 1 aliphatic heterocycles. The summed E-state index contributed by atoms with van der Waals surface area (Å²) in [5.41, 5.74) is 1.44. The van der Waals surface area contributed by atoms with Crippen LogP contribution >= 0.6 is 0 Å². The van der Waals surface area contributed by atoms with E-state index in [9.17, 15) is 13.2 Å². The molecule has 0 saturated heterocycles. The highest BCUT2D eigenvalue weighted by molar-refractivity contribution is 7.92. The van der Waals surface area contributed by atoms with Gasteiger partial charge in [-0.05, 0) is 43.2 Å². The van der Waals surface area contributed by atoms with Crippen LogP contribution < -0.4 is 23.8 Å². The predicted octanol–water partition coefficient (Wildman–Crippen LogP) is 2.85. The molecular formula is C21H26N2O6S. The van der Waals surface area contributed by atoms with Gasteiger partial charge in [-0.2, -0.15) is 0 Å². The van der Waals surface area contributed by atoms with E-state index in [0.717, 1.165) is 17.6 Å². The van der Waals surface area contributed by atoms with Crippen molar-refractivity contribution in [2.75, 3.05) is 31.0 Å². The summed E-state index contributed by atoms with van der Waals surface area (Å²) in [6.45, 7) is 2.20. The van der Waals surface area contributed by atoms with Crippen molar-refractivity contribution < 1.29 is 27.4 Å². The lowest BCUT2D eigenvalue weighted by Crippen LogP contribution is -2.32. The topological polar surface area (TPSA) is 94.2 Å². The Kier molecular flexibility index (Phi) is 6.71. The number of rotatable bonds is 9. The van der Waals surface area contributed by atoms with E-state index < -0.39 is 10.0 Å². The monoisotopic (exact) mass is 434 g/mol. The minimum Gasteiger partial charge on any atom is -0.497 e. The third kappa shape index (κ3) is 5.35. The third-order valence-corrected chi connectivity index (χ3v) is 6.00. The largest absolute Gasteiger partial charge is 0.497 e. The van der Waals surface area contributed by atoms with Gasteiger partial charge in [-0.1, -0.05) is 12.1 Å². The van der Waals surface area contributed by atoms with E-state index >= 15 is 0 Å². The maximum atomic E-state index is 12.3. The molecule has 0 bridgehead atoms. The number of anilines is 1. The zero-order valence-electron chi connectivity index (χ0n) is 17.3. The van der Waals surface area contributed by atoms with E-state index in [1.165, 1.54) is 4.31 Å². The standard InChI is InChI=1S/C21H26N2O6S/c1-15(16-6-9-18(27-2)10-7-16)22-21(24)5-4-12-23(30(3,25)26)17-8-11-19-20(13-17)29-14-28-19/h6-11,13,15H,4-5,12,14H2,1-3H3,(H,22,24)/t15-/m0/s1. The van der Waals surface area contributed by atoms with Gasteiger partial charge >= 0.3 is 0 Å². The molecule has 30 heavy (non-hydrogen) atoms. The van der Waals surface area contributed by atoms with E-state index in [2.05, 4.69) is 5.32 Å². The molecular weight excluding hydrogens is 408 g/mol. The Morgan fingerprint density at radius 1 is 1.17 bits per heavy atom. The van der Waals surface area contributed by atoms with Crippen LogP contribution in [0.15, 0.2) is 42.5 Å². The van der Waals surface area contributed by atoms with Crippen molar-refractivity contribution in [3.05, 3.63) is 48.0 Å². The lowest BCUT2D eigenvalue weighted by atomic mass is 10.1. The van der Waals surface area contributed by atoms with E-state index in [4.69, 9.17) is 14.2 Å². The molecule has 0 fully saturated rings. The van der Waals surface area contributed by atoms with Crippen molar-refractivity contribution in [3.63, 3.8) is 0 Å². The summed E-state index contributed by atoms with van der Waals surface area (Å²) >= 11 is 0. The third-order valence-electron chi connectivity index (χ3n) is 4.80. The Labute approximate surface area is 176 Å². The highest BCUT2D eigenvalue weighted by Gasteiger charge is 2.21.